The molecule has 0 atom stereocenters. The van der Waals surface area contributed by atoms with Gasteiger partial charge in [0.25, 0.3) is 5.91 Å². The molecule has 1 amide bonds. The van der Waals surface area contributed by atoms with Gasteiger partial charge in [0, 0.05) is 32.7 Å². The van der Waals surface area contributed by atoms with E-state index in [1.54, 1.807) is 6.20 Å². The zero-order chi connectivity index (χ0) is 18.5. The van der Waals surface area contributed by atoms with Gasteiger partial charge < -0.3 is 4.90 Å². The molecule has 138 valence electrons. The predicted molar refractivity (Wildman–Crippen MR) is 104 cm³/mol. The summed E-state index contributed by atoms with van der Waals surface area (Å²) in [6, 6.07) is 20.1. The lowest BCUT2D eigenvalue weighted by atomic mass is 10.1. The largest absolute Gasteiger partial charge is 0.335 e. The molecule has 1 aromatic heterocycles. The highest BCUT2D eigenvalue weighted by Gasteiger charge is 2.24. The van der Waals surface area contributed by atoms with Crippen molar-refractivity contribution >= 4 is 5.91 Å². The number of hydrogen-bond donors (Lipinski definition) is 0. The van der Waals surface area contributed by atoms with Gasteiger partial charge >= 0.3 is 0 Å². The Morgan fingerprint density at radius 2 is 1.56 bits per heavy atom. The highest BCUT2D eigenvalue weighted by Crippen LogP contribution is 2.10. The molecule has 2 aromatic carbocycles. The minimum absolute atomic E-state index is 0.0418. The average molecular weight is 361 g/mol. The van der Waals surface area contributed by atoms with E-state index in [-0.39, 0.29) is 5.91 Å². The molecular weight excluding hydrogens is 338 g/mol. The van der Waals surface area contributed by atoms with Crippen LogP contribution >= 0.6 is 0 Å². The van der Waals surface area contributed by atoms with Gasteiger partial charge in [0.05, 0.1) is 11.9 Å². The smallest absolute Gasteiger partial charge is 0.276 e. The van der Waals surface area contributed by atoms with Gasteiger partial charge in [-0.3, -0.25) is 9.69 Å². The monoisotopic (exact) mass is 361 g/mol. The fourth-order valence-electron chi connectivity index (χ4n) is 3.32. The molecule has 0 saturated carbocycles. The molecule has 1 fully saturated rings. The maximum absolute atomic E-state index is 12.7. The lowest BCUT2D eigenvalue weighted by Crippen LogP contribution is -2.49. The molecular formula is C21H23N5O. The van der Waals surface area contributed by atoms with Crippen LogP contribution in [0.2, 0.25) is 0 Å². The van der Waals surface area contributed by atoms with Crippen LogP contribution in [0.15, 0.2) is 66.9 Å². The van der Waals surface area contributed by atoms with Gasteiger partial charge in [-0.15, -0.1) is 5.10 Å². The number of para-hydroxylation sites is 1. The van der Waals surface area contributed by atoms with Crippen molar-refractivity contribution in [2.24, 2.45) is 0 Å². The van der Waals surface area contributed by atoms with E-state index in [1.807, 2.05) is 41.3 Å². The molecule has 6 nitrogen and oxygen atoms in total. The van der Waals surface area contributed by atoms with Gasteiger partial charge in [0.1, 0.15) is 0 Å². The van der Waals surface area contributed by atoms with Crippen molar-refractivity contribution in [1.82, 2.24) is 24.8 Å². The Balaban J connectivity index is 1.30. The maximum Gasteiger partial charge on any atom is 0.276 e. The molecule has 1 saturated heterocycles. The summed E-state index contributed by atoms with van der Waals surface area (Å²) in [5.41, 5.74) is 2.60. The Labute approximate surface area is 159 Å². The van der Waals surface area contributed by atoms with E-state index in [4.69, 9.17) is 0 Å². The van der Waals surface area contributed by atoms with Crippen LogP contribution in [-0.4, -0.2) is 63.4 Å². The van der Waals surface area contributed by atoms with Gasteiger partial charge in [0.15, 0.2) is 5.69 Å². The number of rotatable bonds is 5. The number of benzene rings is 2. The number of aromatic nitrogens is 3. The summed E-state index contributed by atoms with van der Waals surface area (Å²) in [5.74, 6) is -0.0418. The normalized spacial score (nSPS) is 15.0. The van der Waals surface area contributed by atoms with Crippen molar-refractivity contribution in [3.8, 4) is 5.69 Å². The zero-order valence-electron chi connectivity index (χ0n) is 15.2. The molecule has 0 unspecified atom stereocenters. The Morgan fingerprint density at radius 3 is 2.26 bits per heavy atom. The second-order valence-electron chi connectivity index (χ2n) is 6.72. The third-order valence-electron chi connectivity index (χ3n) is 4.92. The first-order valence-electron chi connectivity index (χ1n) is 9.33. The highest BCUT2D eigenvalue weighted by molar-refractivity contribution is 5.92. The molecule has 0 radical (unpaired) electrons. The van der Waals surface area contributed by atoms with E-state index in [0.717, 1.165) is 44.8 Å². The highest BCUT2D eigenvalue weighted by atomic mass is 16.2. The number of amides is 1. The van der Waals surface area contributed by atoms with Crippen LogP contribution in [0.3, 0.4) is 0 Å². The molecule has 2 heterocycles. The van der Waals surface area contributed by atoms with E-state index in [1.165, 1.54) is 10.4 Å². The molecule has 0 aliphatic carbocycles. The standard InChI is InChI=1S/C21H23N5O/c27-21(20-17-22-26(23-20)19-9-5-2-6-10-19)25-15-13-24(14-16-25)12-11-18-7-3-1-4-8-18/h1-10,17H,11-16H2. The van der Waals surface area contributed by atoms with Crippen LogP contribution in [-0.2, 0) is 6.42 Å². The topological polar surface area (TPSA) is 54.3 Å². The van der Waals surface area contributed by atoms with Crippen LogP contribution in [0, 0.1) is 0 Å². The molecule has 27 heavy (non-hydrogen) atoms. The van der Waals surface area contributed by atoms with Gasteiger partial charge in [-0.1, -0.05) is 48.5 Å². The van der Waals surface area contributed by atoms with E-state index >= 15 is 0 Å². The Morgan fingerprint density at radius 1 is 0.889 bits per heavy atom. The molecule has 0 N–H and O–H groups in total. The molecule has 1 aliphatic heterocycles. The number of carbonyl (C=O) groups excluding carboxylic acids is 1. The summed E-state index contributed by atoms with van der Waals surface area (Å²) in [6.07, 6.45) is 2.59. The first kappa shape index (κ1) is 17.4. The van der Waals surface area contributed by atoms with Crippen LogP contribution in [0.4, 0.5) is 0 Å². The molecule has 4 rings (SSSR count). The molecule has 6 heteroatoms. The minimum Gasteiger partial charge on any atom is -0.335 e. The van der Waals surface area contributed by atoms with Gasteiger partial charge in [-0.25, -0.2) is 0 Å². The maximum atomic E-state index is 12.7. The number of carbonyl (C=O) groups is 1. The van der Waals surface area contributed by atoms with Crippen molar-refractivity contribution in [3.05, 3.63) is 78.1 Å². The lowest BCUT2D eigenvalue weighted by molar-refractivity contribution is 0.0632. The van der Waals surface area contributed by atoms with Gasteiger partial charge in [-0.05, 0) is 24.1 Å². The summed E-state index contributed by atoms with van der Waals surface area (Å²) in [7, 11) is 0. The Kier molecular flexibility index (Phi) is 5.25. The third kappa shape index (κ3) is 4.23. The SMILES string of the molecule is O=C(c1cnn(-c2ccccc2)n1)N1CCN(CCc2ccccc2)CC1. The Hall–Kier alpha value is -2.99. The van der Waals surface area contributed by atoms with E-state index in [0.29, 0.717) is 5.69 Å². The summed E-state index contributed by atoms with van der Waals surface area (Å²) in [4.78, 5) is 18.5. The van der Waals surface area contributed by atoms with Gasteiger partial charge in [0.2, 0.25) is 0 Å². The summed E-state index contributed by atoms with van der Waals surface area (Å²) in [5, 5.41) is 8.58. The summed E-state index contributed by atoms with van der Waals surface area (Å²) < 4.78 is 0. The van der Waals surface area contributed by atoms with Crippen molar-refractivity contribution < 1.29 is 4.79 Å². The van der Waals surface area contributed by atoms with Gasteiger partial charge in [-0.2, -0.15) is 9.90 Å². The van der Waals surface area contributed by atoms with Crippen LogP contribution < -0.4 is 0 Å². The minimum atomic E-state index is -0.0418. The first-order valence-corrected chi connectivity index (χ1v) is 9.33. The average Bonchev–Trinajstić information content (AvgIpc) is 3.24. The van der Waals surface area contributed by atoms with Crippen LogP contribution in [0.1, 0.15) is 16.1 Å². The number of piperazine rings is 1. The number of nitrogens with zero attached hydrogens (tertiary/aromatic N) is 5. The summed E-state index contributed by atoms with van der Waals surface area (Å²) in [6.45, 7) is 4.27. The molecule has 1 aliphatic rings. The van der Waals surface area contributed by atoms with Crippen LogP contribution in [0.25, 0.3) is 5.69 Å². The molecule has 0 spiro atoms. The Bertz CT molecular complexity index is 870. The van der Waals surface area contributed by atoms with E-state index < -0.39 is 0 Å². The molecule has 0 bridgehead atoms. The van der Waals surface area contributed by atoms with E-state index in [9.17, 15) is 4.79 Å². The third-order valence-corrected chi connectivity index (χ3v) is 4.92. The van der Waals surface area contributed by atoms with Crippen molar-refractivity contribution in [2.45, 2.75) is 6.42 Å². The number of hydrogen-bond acceptors (Lipinski definition) is 4. The van der Waals surface area contributed by atoms with Crippen molar-refractivity contribution in [3.63, 3.8) is 0 Å². The quantitative estimate of drug-likeness (QED) is 0.700. The second-order valence-corrected chi connectivity index (χ2v) is 6.72. The fourth-order valence-corrected chi connectivity index (χ4v) is 3.32. The van der Waals surface area contributed by atoms with Crippen molar-refractivity contribution in [2.75, 3.05) is 32.7 Å². The lowest BCUT2D eigenvalue weighted by Gasteiger charge is -2.34. The predicted octanol–water partition coefficient (Wildman–Crippen LogP) is 2.27. The molecule has 3 aromatic rings. The zero-order valence-corrected chi connectivity index (χ0v) is 15.2. The fraction of sp³-hybridized carbons (Fsp3) is 0.286. The second kappa shape index (κ2) is 8.14. The van der Waals surface area contributed by atoms with E-state index in [2.05, 4.69) is 39.4 Å². The van der Waals surface area contributed by atoms with Crippen LogP contribution in [0.5, 0.6) is 0 Å². The summed E-state index contributed by atoms with van der Waals surface area (Å²) >= 11 is 0. The van der Waals surface area contributed by atoms with Crippen molar-refractivity contribution in [1.29, 1.82) is 0 Å². The first-order chi connectivity index (χ1) is 13.3.